The van der Waals surface area contributed by atoms with Crippen molar-refractivity contribution >= 4 is 11.9 Å². The average molecular weight is 238 g/mol. The minimum atomic E-state index is -1.08. The van der Waals surface area contributed by atoms with Gasteiger partial charge in [-0.3, -0.25) is 9.59 Å². The van der Waals surface area contributed by atoms with Gasteiger partial charge in [0.1, 0.15) is 13.2 Å². The normalized spacial score (nSPS) is 20.2. The Labute approximate surface area is 101 Å². The van der Waals surface area contributed by atoms with Crippen LogP contribution in [0.5, 0.6) is 0 Å². The summed E-state index contributed by atoms with van der Waals surface area (Å²) in [5.74, 6) is -0.978. The number of carbonyl (C=O) groups excluding carboxylic acids is 2. The first-order valence-corrected chi connectivity index (χ1v) is 5.69. The van der Waals surface area contributed by atoms with Gasteiger partial charge in [0.2, 0.25) is 0 Å². The van der Waals surface area contributed by atoms with Gasteiger partial charge in [0.25, 0.3) is 0 Å². The first-order chi connectivity index (χ1) is 8.13. The van der Waals surface area contributed by atoms with Crippen LogP contribution >= 0.6 is 0 Å². The molecule has 4 nitrogen and oxygen atoms in total. The van der Waals surface area contributed by atoms with Crippen LogP contribution in [0.15, 0.2) is 25.3 Å². The third-order valence-corrected chi connectivity index (χ3v) is 2.99. The quantitative estimate of drug-likeness (QED) is 0.386. The van der Waals surface area contributed by atoms with Crippen LogP contribution in [0, 0.1) is 11.3 Å². The van der Waals surface area contributed by atoms with Crippen molar-refractivity contribution in [3.8, 4) is 0 Å². The molecule has 1 aliphatic carbocycles. The molecule has 4 heteroatoms. The van der Waals surface area contributed by atoms with Gasteiger partial charge in [0.05, 0.1) is 0 Å². The number of hydrogen-bond acceptors (Lipinski definition) is 4. The topological polar surface area (TPSA) is 52.6 Å². The zero-order valence-electron chi connectivity index (χ0n) is 10.1. The minimum absolute atomic E-state index is 0.0251. The lowest BCUT2D eigenvalue weighted by Crippen LogP contribution is -2.32. The van der Waals surface area contributed by atoms with Crippen molar-refractivity contribution in [3.63, 3.8) is 0 Å². The molecule has 0 aromatic carbocycles. The van der Waals surface area contributed by atoms with Crippen LogP contribution in [0.25, 0.3) is 0 Å². The number of rotatable bonds is 7. The maximum Gasteiger partial charge on any atom is 0.324 e. The van der Waals surface area contributed by atoms with Gasteiger partial charge in [0, 0.05) is 0 Å². The average Bonchev–Trinajstić information content (AvgIpc) is 3.08. The maximum atomic E-state index is 11.9. The van der Waals surface area contributed by atoms with E-state index in [2.05, 4.69) is 13.2 Å². The molecule has 0 aromatic heterocycles. The summed E-state index contributed by atoms with van der Waals surface area (Å²) < 4.78 is 9.94. The van der Waals surface area contributed by atoms with Crippen LogP contribution in [-0.4, -0.2) is 25.2 Å². The van der Waals surface area contributed by atoms with E-state index in [1.807, 2.05) is 6.92 Å². The molecule has 0 aromatic rings. The highest BCUT2D eigenvalue weighted by Crippen LogP contribution is 2.56. The molecule has 0 aliphatic heterocycles. The molecule has 0 bridgehead atoms. The first kappa shape index (κ1) is 13.5. The van der Waals surface area contributed by atoms with Crippen LogP contribution in [0.4, 0.5) is 0 Å². The largest absolute Gasteiger partial charge is 0.461 e. The molecule has 1 rings (SSSR count). The molecule has 0 amide bonds. The SMILES string of the molecule is C=CCOC(=O)C1(C(=O)OCC=C)CC1CC. The summed E-state index contributed by atoms with van der Waals surface area (Å²) >= 11 is 0. The Morgan fingerprint density at radius 1 is 1.24 bits per heavy atom. The predicted octanol–water partition coefficient (Wildman–Crippen LogP) is 1.86. The van der Waals surface area contributed by atoms with Crippen molar-refractivity contribution in [1.82, 2.24) is 0 Å². The number of esters is 2. The van der Waals surface area contributed by atoms with Crippen molar-refractivity contribution in [2.75, 3.05) is 13.2 Å². The Bertz CT molecular complexity index is 308. The lowest BCUT2D eigenvalue weighted by molar-refractivity contribution is -0.164. The standard InChI is InChI=1S/C13H18O4/c1-4-7-16-11(14)13(9-10(13)6-3)12(15)17-8-5-2/h4-5,10H,1-2,6-9H2,3H3. The molecular formula is C13H18O4. The summed E-state index contributed by atoms with van der Waals surface area (Å²) in [7, 11) is 0. The highest BCUT2D eigenvalue weighted by Gasteiger charge is 2.67. The van der Waals surface area contributed by atoms with Gasteiger partial charge in [-0.25, -0.2) is 0 Å². The van der Waals surface area contributed by atoms with Gasteiger partial charge in [-0.15, -0.1) is 0 Å². The van der Waals surface area contributed by atoms with E-state index >= 15 is 0 Å². The smallest absolute Gasteiger partial charge is 0.324 e. The molecule has 0 spiro atoms. The first-order valence-electron chi connectivity index (χ1n) is 5.69. The molecule has 1 atom stereocenters. The fourth-order valence-corrected chi connectivity index (χ4v) is 1.93. The molecule has 1 aliphatic rings. The second-order valence-electron chi connectivity index (χ2n) is 4.05. The zero-order chi connectivity index (χ0) is 12.9. The van der Waals surface area contributed by atoms with Gasteiger partial charge >= 0.3 is 11.9 Å². The number of hydrogen-bond donors (Lipinski definition) is 0. The molecule has 0 heterocycles. The van der Waals surface area contributed by atoms with Crippen molar-refractivity contribution in [3.05, 3.63) is 25.3 Å². The van der Waals surface area contributed by atoms with E-state index in [9.17, 15) is 9.59 Å². The molecule has 94 valence electrons. The van der Waals surface area contributed by atoms with Crippen LogP contribution < -0.4 is 0 Å². The summed E-state index contributed by atoms with van der Waals surface area (Å²) in [4.78, 5) is 23.7. The Balaban J connectivity index is 2.70. The minimum Gasteiger partial charge on any atom is -0.461 e. The lowest BCUT2D eigenvalue weighted by atomic mass is 10.0. The Kier molecular flexibility index (Phi) is 4.49. The van der Waals surface area contributed by atoms with Gasteiger partial charge in [0.15, 0.2) is 5.41 Å². The Hall–Kier alpha value is -1.58. The van der Waals surface area contributed by atoms with E-state index in [0.29, 0.717) is 6.42 Å². The molecule has 17 heavy (non-hydrogen) atoms. The van der Waals surface area contributed by atoms with Crippen LogP contribution in [0.3, 0.4) is 0 Å². The molecule has 1 fully saturated rings. The van der Waals surface area contributed by atoms with Crippen molar-refractivity contribution in [1.29, 1.82) is 0 Å². The van der Waals surface area contributed by atoms with Gasteiger partial charge in [-0.2, -0.15) is 0 Å². The summed E-state index contributed by atoms with van der Waals surface area (Å²) in [6.07, 6.45) is 4.22. The van der Waals surface area contributed by atoms with Gasteiger partial charge in [-0.1, -0.05) is 38.7 Å². The molecule has 1 unspecified atom stereocenters. The fraction of sp³-hybridized carbons (Fsp3) is 0.538. The Morgan fingerprint density at radius 3 is 2.00 bits per heavy atom. The second kappa shape index (κ2) is 5.66. The van der Waals surface area contributed by atoms with E-state index in [4.69, 9.17) is 9.47 Å². The van der Waals surface area contributed by atoms with Gasteiger partial charge < -0.3 is 9.47 Å². The third kappa shape index (κ3) is 2.57. The van der Waals surface area contributed by atoms with Crippen LogP contribution in [-0.2, 0) is 19.1 Å². The maximum absolute atomic E-state index is 11.9. The molecular weight excluding hydrogens is 220 g/mol. The van der Waals surface area contributed by atoms with Crippen molar-refractivity contribution in [2.24, 2.45) is 11.3 Å². The van der Waals surface area contributed by atoms with E-state index in [1.54, 1.807) is 0 Å². The number of carbonyl (C=O) groups is 2. The van der Waals surface area contributed by atoms with Crippen molar-refractivity contribution in [2.45, 2.75) is 19.8 Å². The van der Waals surface area contributed by atoms with Crippen LogP contribution in [0.2, 0.25) is 0 Å². The molecule has 0 radical (unpaired) electrons. The highest BCUT2D eigenvalue weighted by atomic mass is 16.6. The molecule has 0 saturated heterocycles. The Morgan fingerprint density at radius 2 is 1.71 bits per heavy atom. The summed E-state index contributed by atoms with van der Waals surface area (Å²) in [5.41, 5.74) is -1.08. The highest BCUT2D eigenvalue weighted by molar-refractivity contribution is 6.03. The summed E-state index contributed by atoms with van der Waals surface area (Å²) in [6.45, 7) is 9.10. The predicted molar refractivity (Wildman–Crippen MR) is 63.1 cm³/mol. The van der Waals surface area contributed by atoms with Crippen molar-refractivity contribution < 1.29 is 19.1 Å². The number of ether oxygens (including phenoxy) is 2. The van der Waals surface area contributed by atoms with E-state index < -0.39 is 17.4 Å². The fourth-order valence-electron chi connectivity index (χ4n) is 1.93. The summed E-state index contributed by atoms with van der Waals surface area (Å²) in [6, 6.07) is 0. The summed E-state index contributed by atoms with van der Waals surface area (Å²) in [5, 5.41) is 0. The molecule has 0 N–H and O–H groups in total. The third-order valence-electron chi connectivity index (χ3n) is 2.99. The zero-order valence-corrected chi connectivity index (χ0v) is 10.1. The van der Waals surface area contributed by atoms with Gasteiger partial charge in [-0.05, 0) is 12.3 Å². The van der Waals surface area contributed by atoms with E-state index in [-0.39, 0.29) is 19.1 Å². The second-order valence-corrected chi connectivity index (χ2v) is 4.05. The monoisotopic (exact) mass is 238 g/mol. The van der Waals surface area contributed by atoms with E-state index in [1.165, 1.54) is 12.2 Å². The van der Waals surface area contributed by atoms with Crippen LogP contribution in [0.1, 0.15) is 19.8 Å². The van der Waals surface area contributed by atoms with E-state index in [0.717, 1.165) is 6.42 Å². The lowest BCUT2D eigenvalue weighted by Gasteiger charge is -2.14. The molecule has 1 saturated carbocycles.